The average molecular weight is 253 g/mol. The molecule has 3 heterocycles. The third-order valence-corrected chi connectivity index (χ3v) is 2.76. The van der Waals surface area contributed by atoms with Gasteiger partial charge in [-0.25, -0.2) is 9.67 Å². The third-order valence-electron chi connectivity index (χ3n) is 2.76. The van der Waals surface area contributed by atoms with Crippen LogP contribution in [-0.2, 0) is 7.05 Å². The average Bonchev–Trinajstić information content (AvgIpc) is 2.83. The molecule has 3 aromatic rings. The molecule has 0 radical (unpaired) electrons. The number of pyridine rings is 2. The summed E-state index contributed by atoms with van der Waals surface area (Å²) in [6, 6.07) is 7.14. The van der Waals surface area contributed by atoms with Gasteiger partial charge in [0.1, 0.15) is 0 Å². The van der Waals surface area contributed by atoms with Gasteiger partial charge in [0.25, 0.3) is 0 Å². The first-order valence-corrected chi connectivity index (χ1v) is 5.75. The topological polar surface area (TPSA) is 70.5 Å². The lowest BCUT2D eigenvalue weighted by molar-refractivity contribution is -0.605. The fraction of sp³-hybridized carbons (Fsp3) is 0.0769. The van der Waals surface area contributed by atoms with Crippen LogP contribution in [0.2, 0.25) is 0 Å². The second-order valence-corrected chi connectivity index (χ2v) is 4.07. The van der Waals surface area contributed by atoms with Crippen molar-refractivity contribution < 1.29 is 4.73 Å². The van der Waals surface area contributed by atoms with Gasteiger partial charge >= 0.3 is 0 Å². The highest BCUT2D eigenvalue weighted by molar-refractivity contribution is 5.60. The smallest absolute Gasteiger partial charge is 0.181 e. The fourth-order valence-corrected chi connectivity index (χ4v) is 1.82. The molecule has 0 unspecified atom stereocenters. The predicted octanol–water partition coefficient (Wildman–Crippen LogP) is 1.18. The van der Waals surface area contributed by atoms with Crippen LogP contribution in [-0.4, -0.2) is 19.7 Å². The zero-order valence-corrected chi connectivity index (χ0v) is 10.3. The van der Waals surface area contributed by atoms with E-state index in [1.54, 1.807) is 29.2 Å². The van der Waals surface area contributed by atoms with Gasteiger partial charge in [0.2, 0.25) is 0 Å². The summed E-state index contributed by atoms with van der Waals surface area (Å²) in [5, 5.41) is 15.4. The van der Waals surface area contributed by atoms with Gasteiger partial charge in [0.15, 0.2) is 24.0 Å². The van der Waals surface area contributed by atoms with E-state index < -0.39 is 0 Å². The maximum atomic E-state index is 11.0. The molecule has 0 N–H and O–H groups in total. The SMILES string of the molecule is Cn1nc(-c2ccncc2)nc1-c1cc[n+]([O-])cc1. The molecule has 0 aromatic carbocycles. The highest BCUT2D eigenvalue weighted by Gasteiger charge is 2.11. The molecule has 0 fully saturated rings. The van der Waals surface area contributed by atoms with Gasteiger partial charge in [0.05, 0.1) is 0 Å². The van der Waals surface area contributed by atoms with E-state index >= 15 is 0 Å². The molecule has 0 saturated carbocycles. The molecule has 0 atom stereocenters. The van der Waals surface area contributed by atoms with E-state index in [0.29, 0.717) is 11.6 Å². The van der Waals surface area contributed by atoms with Crippen LogP contribution in [0, 0.1) is 5.21 Å². The van der Waals surface area contributed by atoms with Gasteiger partial charge in [-0.05, 0) is 12.1 Å². The van der Waals surface area contributed by atoms with Crippen molar-refractivity contribution in [2.24, 2.45) is 7.05 Å². The molecule has 3 rings (SSSR count). The van der Waals surface area contributed by atoms with Crippen molar-refractivity contribution in [2.75, 3.05) is 0 Å². The van der Waals surface area contributed by atoms with Crippen molar-refractivity contribution in [3.63, 3.8) is 0 Å². The molecule has 0 saturated heterocycles. The van der Waals surface area contributed by atoms with Crippen LogP contribution >= 0.6 is 0 Å². The maximum absolute atomic E-state index is 11.0. The minimum atomic E-state index is 0.638. The summed E-state index contributed by atoms with van der Waals surface area (Å²) in [5.74, 6) is 1.35. The van der Waals surface area contributed by atoms with Gasteiger partial charge in [-0.2, -0.15) is 9.83 Å². The third kappa shape index (κ3) is 2.15. The predicted molar refractivity (Wildman–Crippen MR) is 68.6 cm³/mol. The Kier molecular flexibility index (Phi) is 2.68. The van der Waals surface area contributed by atoms with E-state index in [2.05, 4.69) is 15.1 Å². The summed E-state index contributed by atoms with van der Waals surface area (Å²) in [5.41, 5.74) is 1.76. The molecule has 0 aliphatic heterocycles. The Morgan fingerprint density at radius 2 is 1.74 bits per heavy atom. The number of nitrogens with zero attached hydrogens (tertiary/aromatic N) is 5. The van der Waals surface area contributed by atoms with Gasteiger partial charge < -0.3 is 5.21 Å². The molecule has 94 valence electrons. The van der Waals surface area contributed by atoms with Crippen LogP contribution in [0.5, 0.6) is 0 Å². The highest BCUT2D eigenvalue weighted by atomic mass is 16.5. The lowest BCUT2D eigenvalue weighted by Crippen LogP contribution is -2.23. The Hall–Kier alpha value is -2.76. The van der Waals surface area contributed by atoms with Crippen LogP contribution in [0.1, 0.15) is 0 Å². The van der Waals surface area contributed by atoms with E-state index in [0.717, 1.165) is 15.9 Å². The Labute approximate surface area is 109 Å². The molecule has 6 heteroatoms. The molecule has 3 aromatic heterocycles. The standard InChI is InChI=1S/C13H11N5O/c1-17-13(11-4-8-18(19)9-5-11)15-12(16-17)10-2-6-14-7-3-10/h2-9H,1H3. The molecule has 0 aliphatic carbocycles. The molecule has 0 spiro atoms. The van der Waals surface area contributed by atoms with Crippen LogP contribution in [0.25, 0.3) is 22.8 Å². The first-order chi connectivity index (χ1) is 9.24. The first-order valence-electron chi connectivity index (χ1n) is 5.75. The monoisotopic (exact) mass is 253 g/mol. The Bertz CT molecular complexity index is 691. The highest BCUT2D eigenvalue weighted by Crippen LogP contribution is 2.20. The van der Waals surface area contributed by atoms with E-state index in [9.17, 15) is 5.21 Å². The second-order valence-electron chi connectivity index (χ2n) is 4.07. The van der Waals surface area contributed by atoms with Crippen molar-refractivity contribution in [2.45, 2.75) is 0 Å². The number of aromatic nitrogens is 5. The summed E-state index contributed by atoms with van der Waals surface area (Å²) in [4.78, 5) is 8.46. The van der Waals surface area contributed by atoms with Crippen LogP contribution in [0.3, 0.4) is 0 Å². The van der Waals surface area contributed by atoms with Gasteiger partial charge in [-0.3, -0.25) is 4.98 Å². The Morgan fingerprint density at radius 1 is 1.05 bits per heavy atom. The van der Waals surface area contributed by atoms with E-state index in [1.165, 1.54) is 12.4 Å². The van der Waals surface area contributed by atoms with Crippen LogP contribution in [0.15, 0.2) is 49.1 Å². The van der Waals surface area contributed by atoms with E-state index in [-0.39, 0.29) is 0 Å². The second kappa shape index (κ2) is 4.49. The zero-order valence-electron chi connectivity index (χ0n) is 10.3. The van der Waals surface area contributed by atoms with E-state index in [1.807, 2.05) is 19.2 Å². The first kappa shape index (κ1) is 11.3. The lowest BCUT2D eigenvalue weighted by Gasteiger charge is -1.99. The largest absolute Gasteiger partial charge is 0.619 e. The minimum Gasteiger partial charge on any atom is -0.619 e. The van der Waals surface area contributed by atoms with Crippen molar-refractivity contribution in [3.8, 4) is 22.8 Å². The number of rotatable bonds is 2. The number of hydrogen-bond donors (Lipinski definition) is 0. The summed E-state index contributed by atoms with van der Waals surface area (Å²) < 4.78 is 2.43. The van der Waals surface area contributed by atoms with Crippen molar-refractivity contribution >= 4 is 0 Å². The molecular weight excluding hydrogens is 242 g/mol. The van der Waals surface area contributed by atoms with Crippen LogP contribution in [0.4, 0.5) is 0 Å². The Morgan fingerprint density at radius 3 is 2.42 bits per heavy atom. The quantitative estimate of drug-likeness (QED) is 0.508. The molecule has 0 amide bonds. The maximum Gasteiger partial charge on any atom is 0.181 e. The molecular formula is C13H11N5O. The van der Waals surface area contributed by atoms with Crippen molar-refractivity contribution in [1.29, 1.82) is 0 Å². The van der Waals surface area contributed by atoms with Gasteiger partial charge in [0, 0.05) is 42.7 Å². The molecule has 0 aliphatic rings. The van der Waals surface area contributed by atoms with Gasteiger partial charge in [-0.15, -0.1) is 0 Å². The number of hydrogen-bond acceptors (Lipinski definition) is 4. The fourth-order valence-electron chi connectivity index (χ4n) is 1.82. The molecule has 0 bridgehead atoms. The van der Waals surface area contributed by atoms with E-state index in [4.69, 9.17) is 0 Å². The molecule has 6 nitrogen and oxygen atoms in total. The summed E-state index contributed by atoms with van der Waals surface area (Å²) >= 11 is 0. The number of aryl methyl sites for hydroxylation is 1. The molecule has 19 heavy (non-hydrogen) atoms. The summed E-state index contributed by atoms with van der Waals surface area (Å²) in [6.45, 7) is 0. The van der Waals surface area contributed by atoms with Crippen molar-refractivity contribution in [3.05, 3.63) is 54.3 Å². The van der Waals surface area contributed by atoms with Crippen LogP contribution < -0.4 is 4.73 Å². The van der Waals surface area contributed by atoms with Crippen molar-refractivity contribution in [1.82, 2.24) is 19.7 Å². The minimum absolute atomic E-state index is 0.638. The van der Waals surface area contributed by atoms with Gasteiger partial charge in [-0.1, -0.05) is 0 Å². The summed E-state index contributed by atoms with van der Waals surface area (Å²) in [6.07, 6.45) is 6.29. The zero-order chi connectivity index (χ0) is 13.2. The normalized spacial score (nSPS) is 10.6. The Balaban J connectivity index is 2.05. The lowest BCUT2D eigenvalue weighted by atomic mass is 10.2. The summed E-state index contributed by atoms with van der Waals surface area (Å²) in [7, 11) is 1.82.